The van der Waals surface area contributed by atoms with Crippen molar-refractivity contribution in [1.29, 1.82) is 0 Å². The third-order valence-corrected chi connectivity index (χ3v) is 3.57. The molecule has 2 rings (SSSR count). The monoisotopic (exact) mass is 306 g/mol. The van der Waals surface area contributed by atoms with Crippen molar-refractivity contribution in [1.82, 2.24) is 0 Å². The molecule has 1 N–H and O–H groups in total. The largest absolute Gasteiger partial charge is 0.535 e. The molecule has 118 valence electrons. The summed E-state index contributed by atoms with van der Waals surface area (Å²) in [6, 6.07) is 3.44. The first-order chi connectivity index (χ1) is 10.5. The van der Waals surface area contributed by atoms with Gasteiger partial charge in [-0.25, -0.2) is 4.79 Å². The molecule has 1 aliphatic rings. The highest BCUT2D eigenvalue weighted by atomic mass is 16.5. The van der Waals surface area contributed by atoms with Crippen molar-refractivity contribution in [3.63, 3.8) is 0 Å². The molecule has 1 aromatic carbocycles. The molecule has 0 aliphatic carbocycles. The van der Waals surface area contributed by atoms with E-state index in [0.717, 1.165) is 5.56 Å². The molecule has 0 radical (unpaired) electrons. The number of esters is 1. The van der Waals surface area contributed by atoms with Crippen molar-refractivity contribution in [2.45, 2.75) is 32.5 Å². The first-order valence-corrected chi connectivity index (χ1v) is 7.19. The van der Waals surface area contributed by atoms with Crippen LogP contribution in [0.5, 0.6) is 11.5 Å². The van der Waals surface area contributed by atoms with Gasteiger partial charge in [0.25, 0.3) is 0 Å². The Morgan fingerprint density at radius 2 is 2.18 bits per heavy atom. The highest BCUT2D eigenvalue weighted by Gasteiger charge is 2.38. The molecule has 0 unspecified atom stereocenters. The number of methoxy groups -OCH3 is 1. The lowest BCUT2D eigenvalue weighted by atomic mass is 9.64. The highest BCUT2D eigenvalue weighted by Crippen LogP contribution is 2.40. The van der Waals surface area contributed by atoms with Crippen LogP contribution in [0.2, 0.25) is 5.82 Å². The van der Waals surface area contributed by atoms with Crippen LogP contribution in [0.3, 0.4) is 0 Å². The van der Waals surface area contributed by atoms with Crippen LogP contribution in [0, 0.1) is 0 Å². The number of ether oxygens (including phenoxy) is 2. The molecule has 0 aromatic heterocycles. The molecule has 0 fully saturated rings. The molecule has 6 nitrogen and oxygen atoms in total. The molecule has 1 aromatic rings. The molecule has 1 atom stereocenters. The standard InChI is InChI=1S/C15H19BO6/c1-4-21-15(18)13-12(20-3)6-5-10-8-11(7-9(2)17)16(19)22-14(10)13/h5-6,11,19H,4,7-8H2,1-3H3/t11-/m0/s1. The van der Waals surface area contributed by atoms with Crippen molar-refractivity contribution < 1.29 is 28.7 Å². The SMILES string of the molecule is CCOC(=O)c1c(OC)ccc2c1OB(O)[C@@H](CC(C)=O)C2. The van der Waals surface area contributed by atoms with Crippen LogP contribution in [0.4, 0.5) is 0 Å². The van der Waals surface area contributed by atoms with Crippen LogP contribution >= 0.6 is 0 Å². The predicted molar refractivity (Wildman–Crippen MR) is 80.3 cm³/mol. The Morgan fingerprint density at radius 1 is 1.45 bits per heavy atom. The maximum atomic E-state index is 12.1. The van der Waals surface area contributed by atoms with Crippen LogP contribution in [0.1, 0.15) is 36.2 Å². The van der Waals surface area contributed by atoms with E-state index in [0.29, 0.717) is 12.2 Å². The Kier molecular flexibility index (Phi) is 5.08. The normalized spacial score (nSPS) is 16.5. The molecule has 7 heteroatoms. The van der Waals surface area contributed by atoms with Gasteiger partial charge in [-0.3, -0.25) is 0 Å². The van der Waals surface area contributed by atoms with E-state index in [4.69, 9.17) is 14.1 Å². The molecule has 0 saturated carbocycles. The minimum atomic E-state index is -1.14. The van der Waals surface area contributed by atoms with Gasteiger partial charge in [0.15, 0.2) is 0 Å². The topological polar surface area (TPSA) is 82.1 Å². The first-order valence-electron chi connectivity index (χ1n) is 7.19. The average molecular weight is 306 g/mol. The van der Waals surface area contributed by atoms with E-state index >= 15 is 0 Å². The van der Waals surface area contributed by atoms with Crippen molar-refractivity contribution >= 4 is 18.9 Å². The molecule has 0 amide bonds. The second kappa shape index (κ2) is 6.83. The summed E-state index contributed by atoms with van der Waals surface area (Å²) in [5, 5.41) is 10.1. The Bertz CT molecular complexity index is 586. The van der Waals surface area contributed by atoms with Crippen LogP contribution < -0.4 is 9.39 Å². The molecular formula is C15H19BO6. The molecule has 1 heterocycles. The Labute approximate surface area is 129 Å². The van der Waals surface area contributed by atoms with E-state index < -0.39 is 13.1 Å². The summed E-state index contributed by atoms with van der Waals surface area (Å²) < 4.78 is 15.7. The number of ketones is 1. The van der Waals surface area contributed by atoms with Gasteiger partial charge in [-0.1, -0.05) is 6.07 Å². The number of Topliss-reactive ketones (excluding diaryl/α,β-unsaturated/α-hetero) is 1. The number of fused-ring (bicyclic) bond motifs is 1. The van der Waals surface area contributed by atoms with Gasteiger partial charge < -0.3 is 23.9 Å². The Hall–Kier alpha value is -2.02. The summed E-state index contributed by atoms with van der Waals surface area (Å²) in [6.07, 6.45) is 0.674. The van der Waals surface area contributed by atoms with Gasteiger partial charge in [-0.2, -0.15) is 0 Å². The number of carbonyl (C=O) groups excluding carboxylic acids is 2. The maximum absolute atomic E-state index is 12.1. The van der Waals surface area contributed by atoms with Crippen molar-refractivity contribution in [2.24, 2.45) is 0 Å². The summed E-state index contributed by atoms with van der Waals surface area (Å²) in [7, 11) is 0.305. The zero-order valence-corrected chi connectivity index (χ0v) is 12.9. The van der Waals surface area contributed by atoms with Crippen LogP contribution in [0.15, 0.2) is 12.1 Å². The van der Waals surface area contributed by atoms with Crippen molar-refractivity contribution in [3.8, 4) is 11.5 Å². The van der Waals surface area contributed by atoms with E-state index in [1.807, 2.05) is 0 Å². The summed E-state index contributed by atoms with van der Waals surface area (Å²) in [5.41, 5.74) is 0.919. The molecule has 0 saturated heterocycles. The molecule has 1 aliphatic heterocycles. The smallest absolute Gasteiger partial charge is 0.526 e. The van der Waals surface area contributed by atoms with Gasteiger partial charge in [0.2, 0.25) is 0 Å². The summed E-state index contributed by atoms with van der Waals surface area (Å²) >= 11 is 0. The molecule has 22 heavy (non-hydrogen) atoms. The van der Waals surface area contributed by atoms with Crippen molar-refractivity contribution in [3.05, 3.63) is 23.3 Å². The quantitative estimate of drug-likeness (QED) is 0.658. The zero-order valence-electron chi connectivity index (χ0n) is 12.9. The van der Waals surface area contributed by atoms with Crippen LogP contribution in [-0.4, -0.2) is 37.6 Å². The van der Waals surface area contributed by atoms with E-state index in [2.05, 4.69) is 0 Å². The first kappa shape index (κ1) is 16.4. The lowest BCUT2D eigenvalue weighted by Crippen LogP contribution is -2.35. The van der Waals surface area contributed by atoms with E-state index in [9.17, 15) is 14.6 Å². The van der Waals surface area contributed by atoms with E-state index in [1.54, 1.807) is 19.1 Å². The van der Waals surface area contributed by atoms with Crippen LogP contribution in [0.25, 0.3) is 0 Å². The fourth-order valence-corrected chi connectivity index (χ4v) is 2.61. The van der Waals surface area contributed by atoms with Gasteiger partial charge in [-0.15, -0.1) is 0 Å². The third kappa shape index (κ3) is 3.25. The fraction of sp³-hybridized carbons (Fsp3) is 0.467. The van der Waals surface area contributed by atoms with Crippen molar-refractivity contribution in [2.75, 3.05) is 13.7 Å². The van der Waals surface area contributed by atoms with Gasteiger partial charge in [-0.05, 0) is 31.9 Å². The number of hydrogen-bond acceptors (Lipinski definition) is 6. The average Bonchev–Trinajstić information content (AvgIpc) is 2.46. The molecule has 0 bridgehead atoms. The minimum Gasteiger partial charge on any atom is -0.535 e. The minimum absolute atomic E-state index is 0.0183. The van der Waals surface area contributed by atoms with Gasteiger partial charge >= 0.3 is 13.1 Å². The van der Waals surface area contributed by atoms with Crippen LogP contribution in [-0.2, 0) is 16.0 Å². The molecular weight excluding hydrogens is 287 g/mol. The molecule has 0 spiro atoms. The Balaban J connectivity index is 2.41. The number of rotatable bonds is 5. The number of benzene rings is 1. The van der Waals surface area contributed by atoms with Gasteiger partial charge in [0, 0.05) is 12.2 Å². The lowest BCUT2D eigenvalue weighted by Gasteiger charge is -2.28. The van der Waals surface area contributed by atoms with Gasteiger partial charge in [0.1, 0.15) is 22.8 Å². The number of hydrogen-bond donors (Lipinski definition) is 1. The van der Waals surface area contributed by atoms with Gasteiger partial charge in [0.05, 0.1) is 13.7 Å². The maximum Gasteiger partial charge on any atom is 0.526 e. The van der Waals surface area contributed by atoms with E-state index in [1.165, 1.54) is 14.0 Å². The van der Waals surface area contributed by atoms with E-state index in [-0.39, 0.29) is 35.9 Å². The Morgan fingerprint density at radius 3 is 2.77 bits per heavy atom. The summed E-state index contributed by atoms with van der Waals surface area (Å²) in [6.45, 7) is 3.40. The lowest BCUT2D eigenvalue weighted by molar-refractivity contribution is -0.117. The number of carbonyl (C=O) groups is 2. The zero-order chi connectivity index (χ0) is 16.3. The summed E-state index contributed by atoms with van der Waals surface area (Å²) in [5.74, 6) is -0.309. The fourth-order valence-electron chi connectivity index (χ4n) is 2.61. The highest BCUT2D eigenvalue weighted by molar-refractivity contribution is 6.47. The third-order valence-electron chi connectivity index (χ3n) is 3.57. The second-order valence-electron chi connectivity index (χ2n) is 5.23. The predicted octanol–water partition coefficient (Wildman–Crippen LogP) is 1.64. The summed E-state index contributed by atoms with van der Waals surface area (Å²) in [4.78, 5) is 23.4. The second-order valence-corrected chi connectivity index (χ2v) is 5.23.